The summed E-state index contributed by atoms with van der Waals surface area (Å²) in [6, 6.07) is 0. The first kappa shape index (κ1) is 10.2. The van der Waals surface area contributed by atoms with E-state index in [1.807, 2.05) is 13.8 Å². The number of carbonyl (C=O) groups excluding carboxylic acids is 1. The van der Waals surface area contributed by atoms with Crippen molar-refractivity contribution in [2.45, 2.75) is 26.7 Å². The highest BCUT2D eigenvalue weighted by molar-refractivity contribution is 5.74. The maximum absolute atomic E-state index is 10.6. The van der Waals surface area contributed by atoms with Crippen LogP contribution in [0.25, 0.3) is 0 Å². The molecular formula is C8H15NO2. The average molecular weight is 157 g/mol. The fraction of sp³-hybridized carbons (Fsp3) is 0.625. The first-order valence-corrected chi connectivity index (χ1v) is 3.58. The van der Waals surface area contributed by atoms with Gasteiger partial charge in [-0.1, -0.05) is 19.9 Å². The monoisotopic (exact) mass is 157 g/mol. The summed E-state index contributed by atoms with van der Waals surface area (Å²) in [5.41, 5.74) is 1.55. The lowest BCUT2D eigenvalue weighted by atomic mass is 9.88. The van der Waals surface area contributed by atoms with Crippen molar-refractivity contribution < 1.29 is 10.0 Å². The van der Waals surface area contributed by atoms with Gasteiger partial charge in [-0.25, -0.2) is 5.48 Å². The second-order valence-electron chi connectivity index (χ2n) is 3.23. The van der Waals surface area contributed by atoms with Crippen molar-refractivity contribution in [2.24, 2.45) is 5.41 Å². The van der Waals surface area contributed by atoms with Gasteiger partial charge in [0, 0.05) is 6.42 Å². The van der Waals surface area contributed by atoms with Crippen LogP contribution >= 0.6 is 0 Å². The van der Waals surface area contributed by atoms with E-state index in [1.54, 1.807) is 11.6 Å². The van der Waals surface area contributed by atoms with Crippen molar-refractivity contribution in [3.8, 4) is 0 Å². The van der Waals surface area contributed by atoms with Crippen molar-refractivity contribution in [2.75, 3.05) is 0 Å². The molecule has 0 aromatic rings. The van der Waals surface area contributed by atoms with E-state index in [-0.39, 0.29) is 11.3 Å². The number of rotatable bonds is 4. The van der Waals surface area contributed by atoms with Crippen LogP contribution in [0.2, 0.25) is 0 Å². The standard InChI is InChI=1S/C8H15NO2/c1-4-8(2,3)6-5-7(10)9-11/h4,11H,1,5-6H2,2-3H3,(H,9,10). The van der Waals surface area contributed by atoms with Crippen LogP contribution in [0.3, 0.4) is 0 Å². The third-order valence-electron chi connectivity index (χ3n) is 1.67. The van der Waals surface area contributed by atoms with Gasteiger partial charge in [0.25, 0.3) is 0 Å². The van der Waals surface area contributed by atoms with Gasteiger partial charge < -0.3 is 0 Å². The molecule has 3 nitrogen and oxygen atoms in total. The zero-order valence-electron chi connectivity index (χ0n) is 7.05. The van der Waals surface area contributed by atoms with Gasteiger partial charge in [-0.3, -0.25) is 10.0 Å². The zero-order chi connectivity index (χ0) is 8.91. The van der Waals surface area contributed by atoms with Gasteiger partial charge in [-0.15, -0.1) is 6.58 Å². The molecule has 0 atom stereocenters. The predicted molar refractivity (Wildman–Crippen MR) is 43.1 cm³/mol. The van der Waals surface area contributed by atoms with Crippen LogP contribution in [0.4, 0.5) is 0 Å². The summed E-state index contributed by atoms with van der Waals surface area (Å²) < 4.78 is 0. The van der Waals surface area contributed by atoms with E-state index in [1.165, 1.54) is 0 Å². The predicted octanol–water partition coefficient (Wildman–Crippen LogP) is 1.48. The van der Waals surface area contributed by atoms with Crippen molar-refractivity contribution in [1.82, 2.24) is 5.48 Å². The highest BCUT2D eigenvalue weighted by atomic mass is 16.5. The minimum atomic E-state index is -0.347. The first-order valence-electron chi connectivity index (χ1n) is 3.58. The molecule has 0 unspecified atom stereocenters. The fourth-order valence-corrected chi connectivity index (χ4v) is 0.594. The molecule has 0 aromatic heterocycles. The smallest absolute Gasteiger partial charge is 0.243 e. The number of amides is 1. The van der Waals surface area contributed by atoms with E-state index < -0.39 is 0 Å². The van der Waals surface area contributed by atoms with E-state index in [4.69, 9.17) is 5.21 Å². The summed E-state index contributed by atoms with van der Waals surface area (Å²) in [4.78, 5) is 10.6. The first-order chi connectivity index (χ1) is 5.02. The fourth-order valence-electron chi connectivity index (χ4n) is 0.594. The molecule has 0 rings (SSSR count). The summed E-state index contributed by atoms with van der Waals surface area (Å²) in [5, 5.41) is 8.18. The molecule has 0 aliphatic carbocycles. The Balaban J connectivity index is 3.69. The Hall–Kier alpha value is -0.830. The van der Waals surface area contributed by atoms with Crippen LogP contribution in [-0.2, 0) is 4.79 Å². The maximum Gasteiger partial charge on any atom is 0.243 e. The van der Waals surface area contributed by atoms with Crippen LogP contribution in [0.1, 0.15) is 26.7 Å². The number of nitrogens with one attached hydrogen (secondary N) is 1. The Labute approximate surface area is 67.1 Å². The van der Waals surface area contributed by atoms with Crippen molar-refractivity contribution in [1.29, 1.82) is 0 Å². The molecule has 0 spiro atoms. The minimum Gasteiger partial charge on any atom is -0.289 e. The third-order valence-corrected chi connectivity index (χ3v) is 1.67. The van der Waals surface area contributed by atoms with Gasteiger partial charge in [-0.2, -0.15) is 0 Å². The van der Waals surface area contributed by atoms with Crippen molar-refractivity contribution in [3.05, 3.63) is 12.7 Å². The highest BCUT2D eigenvalue weighted by Crippen LogP contribution is 2.22. The summed E-state index contributed by atoms with van der Waals surface area (Å²) in [7, 11) is 0. The molecule has 11 heavy (non-hydrogen) atoms. The molecule has 0 aliphatic heterocycles. The van der Waals surface area contributed by atoms with Crippen molar-refractivity contribution in [3.63, 3.8) is 0 Å². The summed E-state index contributed by atoms with van der Waals surface area (Å²) in [6.07, 6.45) is 2.83. The summed E-state index contributed by atoms with van der Waals surface area (Å²) in [5.74, 6) is -0.347. The molecule has 0 radical (unpaired) electrons. The largest absolute Gasteiger partial charge is 0.289 e. The maximum atomic E-state index is 10.6. The van der Waals surface area contributed by atoms with Crippen LogP contribution in [0.15, 0.2) is 12.7 Å². The van der Waals surface area contributed by atoms with E-state index in [0.717, 1.165) is 0 Å². The lowest BCUT2D eigenvalue weighted by molar-refractivity contribution is -0.129. The number of allylic oxidation sites excluding steroid dienone is 1. The van der Waals surface area contributed by atoms with Crippen LogP contribution < -0.4 is 5.48 Å². The molecule has 64 valence electrons. The topological polar surface area (TPSA) is 49.3 Å². The second-order valence-corrected chi connectivity index (χ2v) is 3.23. The van der Waals surface area contributed by atoms with E-state index in [2.05, 4.69) is 6.58 Å². The van der Waals surface area contributed by atoms with E-state index in [9.17, 15) is 4.79 Å². The Morgan fingerprint density at radius 1 is 1.73 bits per heavy atom. The van der Waals surface area contributed by atoms with Gasteiger partial charge in [0.05, 0.1) is 0 Å². The van der Waals surface area contributed by atoms with E-state index >= 15 is 0 Å². The van der Waals surface area contributed by atoms with Gasteiger partial charge in [0.2, 0.25) is 5.91 Å². The highest BCUT2D eigenvalue weighted by Gasteiger charge is 2.14. The molecule has 0 aliphatic rings. The molecule has 0 aromatic carbocycles. The van der Waals surface area contributed by atoms with Crippen LogP contribution in [-0.4, -0.2) is 11.1 Å². The molecule has 1 amide bonds. The van der Waals surface area contributed by atoms with Gasteiger partial charge in [0.1, 0.15) is 0 Å². The van der Waals surface area contributed by atoms with Crippen LogP contribution in [0, 0.1) is 5.41 Å². The quantitative estimate of drug-likeness (QED) is 0.369. The number of carbonyl (C=O) groups is 1. The number of hydroxylamine groups is 1. The third kappa shape index (κ3) is 4.56. The van der Waals surface area contributed by atoms with Crippen molar-refractivity contribution >= 4 is 5.91 Å². The Morgan fingerprint density at radius 3 is 2.64 bits per heavy atom. The van der Waals surface area contributed by atoms with E-state index in [0.29, 0.717) is 12.8 Å². The number of hydrogen-bond donors (Lipinski definition) is 2. The molecule has 3 heteroatoms. The molecular weight excluding hydrogens is 142 g/mol. The van der Waals surface area contributed by atoms with Gasteiger partial charge in [-0.05, 0) is 11.8 Å². The van der Waals surface area contributed by atoms with Gasteiger partial charge >= 0.3 is 0 Å². The number of hydrogen-bond acceptors (Lipinski definition) is 2. The molecule has 0 bridgehead atoms. The lowest BCUT2D eigenvalue weighted by Gasteiger charge is -2.18. The molecule has 0 fully saturated rings. The Morgan fingerprint density at radius 2 is 2.27 bits per heavy atom. The molecule has 0 saturated heterocycles. The van der Waals surface area contributed by atoms with Crippen LogP contribution in [0.5, 0.6) is 0 Å². The minimum absolute atomic E-state index is 0.0352. The average Bonchev–Trinajstić information content (AvgIpc) is 2.00. The summed E-state index contributed by atoms with van der Waals surface area (Å²) >= 11 is 0. The Kier molecular flexibility index (Phi) is 3.82. The zero-order valence-corrected chi connectivity index (χ0v) is 7.05. The molecule has 0 saturated carbocycles. The lowest BCUT2D eigenvalue weighted by Crippen LogP contribution is -2.20. The molecule has 2 N–H and O–H groups in total. The molecule has 0 heterocycles. The second kappa shape index (κ2) is 4.13. The SMILES string of the molecule is C=CC(C)(C)CCC(=O)NO. The normalized spacial score (nSPS) is 10.8. The summed E-state index contributed by atoms with van der Waals surface area (Å²) in [6.45, 7) is 7.62. The van der Waals surface area contributed by atoms with Gasteiger partial charge in [0.15, 0.2) is 0 Å². The Bertz CT molecular complexity index is 152.